The second kappa shape index (κ2) is 6.17. The van der Waals surface area contributed by atoms with Crippen LogP contribution in [0.4, 0.5) is 11.4 Å². The Morgan fingerprint density at radius 3 is 2.85 bits per heavy atom. The molecule has 1 saturated carbocycles. The number of nitrogens with zero attached hydrogens (tertiary/aromatic N) is 3. The first-order valence-corrected chi connectivity index (χ1v) is 7.04. The van der Waals surface area contributed by atoms with Crippen molar-refractivity contribution in [2.24, 2.45) is 0 Å². The smallest absolute Gasteiger partial charge is 0.325 e. The maximum atomic E-state index is 11.7. The number of hydrogen-bond donors (Lipinski definition) is 0. The average Bonchev–Trinajstić information content (AvgIpc) is 3.20. The third kappa shape index (κ3) is 3.24. The van der Waals surface area contributed by atoms with Crippen molar-refractivity contribution in [1.29, 1.82) is 0 Å². The minimum Gasteiger partial charge on any atom is -0.465 e. The number of anilines is 1. The van der Waals surface area contributed by atoms with Crippen molar-refractivity contribution in [3.63, 3.8) is 0 Å². The normalized spacial score (nSPS) is 13.9. The number of rotatable bonds is 6. The lowest BCUT2D eigenvalue weighted by atomic mass is 10.3. The van der Waals surface area contributed by atoms with Crippen LogP contribution in [0, 0.1) is 10.1 Å². The van der Waals surface area contributed by atoms with Gasteiger partial charge in [0.05, 0.1) is 16.0 Å². The first kappa shape index (κ1) is 14.7. The topological polar surface area (TPSA) is 85.6 Å². The van der Waals surface area contributed by atoms with Crippen molar-refractivity contribution in [3.05, 3.63) is 27.0 Å². The summed E-state index contributed by atoms with van der Waals surface area (Å²) in [5.74, 6) is -0.391. The Bertz CT molecular complexity index is 533. The molecule has 0 aliphatic heterocycles. The van der Waals surface area contributed by atoms with Gasteiger partial charge in [-0.1, -0.05) is 0 Å². The molecule has 0 spiro atoms. The van der Waals surface area contributed by atoms with E-state index in [1.807, 2.05) is 0 Å². The van der Waals surface area contributed by atoms with Crippen LogP contribution in [-0.2, 0) is 9.53 Å². The zero-order valence-corrected chi connectivity index (χ0v) is 12.5. The second-order valence-electron chi connectivity index (χ2n) is 4.41. The van der Waals surface area contributed by atoms with Crippen molar-refractivity contribution >= 4 is 33.3 Å². The van der Waals surface area contributed by atoms with Crippen molar-refractivity contribution in [3.8, 4) is 0 Å². The summed E-state index contributed by atoms with van der Waals surface area (Å²) < 4.78 is 5.43. The van der Waals surface area contributed by atoms with E-state index >= 15 is 0 Å². The lowest BCUT2D eigenvalue weighted by Gasteiger charge is -2.24. The van der Waals surface area contributed by atoms with Crippen LogP contribution in [0.25, 0.3) is 0 Å². The molecule has 0 aromatic carbocycles. The minimum atomic E-state index is -0.492. The van der Waals surface area contributed by atoms with Gasteiger partial charge in [-0.25, -0.2) is 0 Å². The molecule has 108 valence electrons. The van der Waals surface area contributed by atoms with E-state index in [2.05, 4.69) is 20.9 Å². The Morgan fingerprint density at radius 1 is 1.60 bits per heavy atom. The molecule has 1 aliphatic carbocycles. The zero-order chi connectivity index (χ0) is 14.7. The standard InChI is InChI=1S/C12H14BrN3O4/c1-2-20-11(17)7-15(8-3-4-8)12-9(13)5-14-6-10(12)16(18)19/h5-6,8H,2-4,7H2,1H3. The Kier molecular flexibility index (Phi) is 4.53. The summed E-state index contributed by atoms with van der Waals surface area (Å²) in [7, 11) is 0. The fraction of sp³-hybridized carbons (Fsp3) is 0.500. The summed E-state index contributed by atoms with van der Waals surface area (Å²) in [6.07, 6.45) is 4.50. The first-order valence-electron chi connectivity index (χ1n) is 6.24. The molecule has 1 aliphatic rings. The van der Waals surface area contributed by atoms with Crippen LogP contribution in [-0.4, -0.2) is 35.1 Å². The van der Waals surface area contributed by atoms with Crippen LogP contribution in [0.3, 0.4) is 0 Å². The van der Waals surface area contributed by atoms with Gasteiger partial charge in [-0.05, 0) is 35.7 Å². The molecule has 1 fully saturated rings. The summed E-state index contributed by atoms with van der Waals surface area (Å²) in [5, 5.41) is 11.1. The molecular formula is C12H14BrN3O4. The third-order valence-corrected chi connectivity index (χ3v) is 3.51. The Labute approximate surface area is 124 Å². The number of aromatic nitrogens is 1. The highest BCUT2D eigenvalue weighted by Gasteiger charge is 2.36. The monoisotopic (exact) mass is 343 g/mol. The van der Waals surface area contributed by atoms with Crippen molar-refractivity contribution in [2.75, 3.05) is 18.1 Å². The number of esters is 1. The highest BCUT2D eigenvalue weighted by molar-refractivity contribution is 9.10. The van der Waals surface area contributed by atoms with Gasteiger partial charge in [-0.3, -0.25) is 19.9 Å². The second-order valence-corrected chi connectivity index (χ2v) is 5.26. The number of pyridine rings is 1. The van der Waals surface area contributed by atoms with E-state index in [1.165, 1.54) is 12.4 Å². The Hall–Kier alpha value is -1.70. The summed E-state index contributed by atoms with van der Waals surface area (Å²) in [4.78, 5) is 27.9. The molecule has 20 heavy (non-hydrogen) atoms. The van der Waals surface area contributed by atoms with Crippen LogP contribution in [0.5, 0.6) is 0 Å². The number of ether oxygens (including phenoxy) is 1. The predicted octanol–water partition coefficient (Wildman–Crippen LogP) is 2.28. The van der Waals surface area contributed by atoms with Gasteiger partial charge >= 0.3 is 11.7 Å². The molecular weight excluding hydrogens is 330 g/mol. The molecule has 1 heterocycles. The lowest BCUT2D eigenvalue weighted by molar-refractivity contribution is -0.384. The van der Waals surface area contributed by atoms with E-state index < -0.39 is 10.9 Å². The van der Waals surface area contributed by atoms with Gasteiger partial charge in [0.2, 0.25) is 0 Å². The predicted molar refractivity (Wildman–Crippen MR) is 75.6 cm³/mol. The molecule has 0 radical (unpaired) electrons. The molecule has 1 aromatic heterocycles. The maximum Gasteiger partial charge on any atom is 0.325 e. The van der Waals surface area contributed by atoms with E-state index in [9.17, 15) is 14.9 Å². The number of carbonyl (C=O) groups is 1. The number of carbonyl (C=O) groups excluding carboxylic acids is 1. The van der Waals surface area contributed by atoms with Crippen LogP contribution in [0.1, 0.15) is 19.8 Å². The summed E-state index contributed by atoms with van der Waals surface area (Å²) in [5.41, 5.74) is 0.274. The van der Waals surface area contributed by atoms with Crippen molar-refractivity contribution in [2.45, 2.75) is 25.8 Å². The van der Waals surface area contributed by atoms with E-state index in [0.29, 0.717) is 10.2 Å². The molecule has 0 amide bonds. The van der Waals surface area contributed by atoms with Gasteiger partial charge in [0.1, 0.15) is 18.4 Å². The van der Waals surface area contributed by atoms with E-state index in [-0.39, 0.29) is 24.9 Å². The largest absolute Gasteiger partial charge is 0.465 e. The van der Waals surface area contributed by atoms with Crippen LogP contribution >= 0.6 is 15.9 Å². The molecule has 2 rings (SSSR count). The highest BCUT2D eigenvalue weighted by Crippen LogP contribution is 2.40. The van der Waals surface area contributed by atoms with E-state index in [1.54, 1.807) is 11.8 Å². The minimum absolute atomic E-state index is 0.00194. The van der Waals surface area contributed by atoms with Gasteiger partial charge in [0.15, 0.2) is 0 Å². The van der Waals surface area contributed by atoms with Crippen LogP contribution < -0.4 is 4.90 Å². The van der Waals surface area contributed by atoms with Crippen LogP contribution in [0.2, 0.25) is 0 Å². The quantitative estimate of drug-likeness (QED) is 0.447. The van der Waals surface area contributed by atoms with Gasteiger partial charge in [-0.2, -0.15) is 0 Å². The van der Waals surface area contributed by atoms with E-state index in [4.69, 9.17) is 4.74 Å². The Morgan fingerprint density at radius 2 is 2.30 bits per heavy atom. The molecule has 0 saturated heterocycles. The molecule has 0 N–H and O–H groups in total. The van der Waals surface area contributed by atoms with Crippen molar-refractivity contribution < 1.29 is 14.5 Å². The van der Waals surface area contributed by atoms with Gasteiger partial charge in [0.25, 0.3) is 0 Å². The molecule has 8 heteroatoms. The molecule has 1 aromatic rings. The van der Waals surface area contributed by atoms with Gasteiger partial charge in [0, 0.05) is 12.2 Å². The molecule has 0 bridgehead atoms. The third-order valence-electron chi connectivity index (χ3n) is 2.93. The SMILES string of the molecule is CCOC(=O)CN(c1c(Br)cncc1[N+](=O)[O-])C1CC1. The number of hydrogen-bond acceptors (Lipinski definition) is 6. The summed E-state index contributed by atoms with van der Waals surface area (Å²) in [6.45, 7) is 2.02. The molecule has 0 atom stereocenters. The van der Waals surface area contributed by atoms with Crippen LogP contribution in [0.15, 0.2) is 16.9 Å². The van der Waals surface area contributed by atoms with E-state index in [0.717, 1.165) is 12.8 Å². The fourth-order valence-electron chi connectivity index (χ4n) is 1.96. The zero-order valence-electron chi connectivity index (χ0n) is 10.9. The maximum absolute atomic E-state index is 11.7. The molecule has 0 unspecified atom stereocenters. The number of halogens is 1. The summed E-state index contributed by atoms with van der Waals surface area (Å²) in [6, 6.07) is 0.136. The average molecular weight is 344 g/mol. The lowest BCUT2D eigenvalue weighted by Crippen LogP contribution is -2.33. The summed E-state index contributed by atoms with van der Waals surface area (Å²) >= 11 is 3.28. The number of nitro groups is 1. The van der Waals surface area contributed by atoms with Crippen molar-refractivity contribution in [1.82, 2.24) is 4.98 Å². The Balaban J connectivity index is 2.34. The van der Waals surface area contributed by atoms with Gasteiger partial charge in [-0.15, -0.1) is 0 Å². The first-order chi connectivity index (χ1) is 9.54. The highest BCUT2D eigenvalue weighted by atomic mass is 79.9. The van der Waals surface area contributed by atoms with Gasteiger partial charge < -0.3 is 9.64 Å². The fourth-order valence-corrected chi connectivity index (χ4v) is 2.51. The molecule has 7 nitrogen and oxygen atoms in total.